The van der Waals surface area contributed by atoms with Gasteiger partial charge in [-0.3, -0.25) is 4.98 Å². The molecule has 0 amide bonds. The van der Waals surface area contributed by atoms with Crippen LogP contribution in [0.2, 0.25) is 0 Å². The molecule has 0 aliphatic heterocycles. The molecule has 1 aromatic rings. The average molecular weight is 351 g/mol. The Kier molecular flexibility index (Phi) is 6.92. The average Bonchev–Trinajstić information content (AvgIpc) is 2.36. The molecule has 108 valence electrons. The van der Waals surface area contributed by atoms with Crippen LogP contribution in [-0.4, -0.2) is 43.2 Å². The van der Waals surface area contributed by atoms with E-state index in [1.165, 1.54) is 4.31 Å². The standard InChI is InChI=1S/C12H19BrN2O3S/c1-3-15(19(16,17)6-5-18-4-2)10-11-7-12(13)9-14-8-11/h7-9H,3-6,10H2,1-2H3. The van der Waals surface area contributed by atoms with Gasteiger partial charge in [0.05, 0.1) is 12.4 Å². The van der Waals surface area contributed by atoms with Crippen molar-refractivity contribution in [3.05, 3.63) is 28.5 Å². The normalized spacial score (nSPS) is 12.0. The quantitative estimate of drug-likeness (QED) is 0.673. The van der Waals surface area contributed by atoms with Crippen LogP contribution in [0.1, 0.15) is 19.4 Å². The topological polar surface area (TPSA) is 59.5 Å². The summed E-state index contributed by atoms with van der Waals surface area (Å²) in [4.78, 5) is 4.04. The molecule has 0 atom stereocenters. The van der Waals surface area contributed by atoms with Crippen molar-refractivity contribution in [1.29, 1.82) is 0 Å². The minimum Gasteiger partial charge on any atom is -0.381 e. The first-order valence-corrected chi connectivity index (χ1v) is 8.54. The zero-order valence-electron chi connectivity index (χ0n) is 11.2. The molecular weight excluding hydrogens is 332 g/mol. The number of sulfonamides is 1. The number of nitrogens with zero attached hydrogens (tertiary/aromatic N) is 2. The second-order valence-electron chi connectivity index (χ2n) is 3.95. The van der Waals surface area contributed by atoms with Crippen LogP contribution in [0.4, 0.5) is 0 Å². The number of halogens is 1. The van der Waals surface area contributed by atoms with Crippen molar-refractivity contribution in [2.24, 2.45) is 0 Å². The number of aromatic nitrogens is 1. The van der Waals surface area contributed by atoms with Crippen molar-refractivity contribution in [3.8, 4) is 0 Å². The fourth-order valence-corrected chi connectivity index (χ4v) is 3.33. The van der Waals surface area contributed by atoms with E-state index in [1.807, 2.05) is 19.9 Å². The number of ether oxygens (including phenoxy) is 1. The lowest BCUT2D eigenvalue weighted by Gasteiger charge is -2.20. The first-order valence-electron chi connectivity index (χ1n) is 6.14. The molecule has 0 saturated carbocycles. The minimum absolute atomic E-state index is 0.0100. The van der Waals surface area contributed by atoms with Gasteiger partial charge in [-0.1, -0.05) is 6.92 Å². The number of hydrogen-bond acceptors (Lipinski definition) is 4. The van der Waals surface area contributed by atoms with Gasteiger partial charge in [-0.25, -0.2) is 8.42 Å². The van der Waals surface area contributed by atoms with Crippen LogP contribution in [-0.2, 0) is 21.3 Å². The van der Waals surface area contributed by atoms with E-state index in [2.05, 4.69) is 20.9 Å². The highest BCUT2D eigenvalue weighted by atomic mass is 79.9. The van der Waals surface area contributed by atoms with Crippen LogP contribution in [0, 0.1) is 0 Å². The number of rotatable bonds is 8. The van der Waals surface area contributed by atoms with Crippen molar-refractivity contribution in [2.45, 2.75) is 20.4 Å². The van der Waals surface area contributed by atoms with E-state index in [9.17, 15) is 8.42 Å². The van der Waals surface area contributed by atoms with Gasteiger partial charge >= 0.3 is 0 Å². The van der Waals surface area contributed by atoms with Crippen molar-refractivity contribution in [2.75, 3.05) is 25.5 Å². The summed E-state index contributed by atoms with van der Waals surface area (Å²) in [5, 5.41) is 0. The molecule has 0 aliphatic rings. The Labute approximate surface area is 123 Å². The summed E-state index contributed by atoms with van der Waals surface area (Å²) >= 11 is 3.33. The number of pyridine rings is 1. The van der Waals surface area contributed by atoms with Gasteiger partial charge in [0, 0.05) is 36.6 Å². The highest BCUT2D eigenvalue weighted by Crippen LogP contribution is 2.13. The van der Waals surface area contributed by atoms with Gasteiger partial charge in [0.1, 0.15) is 0 Å². The van der Waals surface area contributed by atoms with Gasteiger partial charge in [-0.15, -0.1) is 0 Å². The molecule has 1 aromatic heterocycles. The summed E-state index contributed by atoms with van der Waals surface area (Å²) in [6, 6.07) is 1.87. The van der Waals surface area contributed by atoms with E-state index in [1.54, 1.807) is 12.4 Å². The maximum Gasteiger partial charge on any atom is 0.216 e. The van der Waals surface area contributed by atoms with Crippen molar-refractivity contribution >= 4 is 26.0 Å². The Morgan fingerprint density at radius 3 is 2.68 bits per heavy atom. The molecule has 0 N–H and O–H groups in total. The Morgan fingerprint density at radius 1 is 1.37 bits per heavy atom. The van der Waals surface area contributed by atoms with E-state index in [-0.39, 0.29) is 12.4 Å². The highest BCUT2D eigenvalue weighted by molar-refractivity contribution is 9.10. The first kappa shape index (κ1) is 16.6. The van der Waals surface area contributed by atoms with Gasteiger partial charge in [0.25, 0.3) is 0 Å². The lowest BCUT2D eigenvalue weighted by molar-refractivity contribution is 0.162. The fraction of sp³-hybridized carbons (Fsp3) is 0.583. The molecule has 19 heavy (non-hydrogen) atoms. The van der Waals surface area contributed by atoms with E-state index in [4.69, 9.17) is 4.74 Å². The summed E-state index contributed by atoms with van der Waals surface area (Å²) in [7, 11) is -3.29. The monoisotopic (exact) mass is 350 g/mol. The van der Waals surface area contributed by atoms with Gasteiger partial charge in [0.2, 0.25) is 10.0 Å². The van der Waals surface area contributed by atoms with Crippen LogP contribution in [0.5, 0.6) is 0 Å². The molecule has 7 heteroatoms. The largest absolute Gasteiger partial charge is 0.381 e. The van der Waals surface area contributed by atoms with Crippen LogP contribution >= 0.6 is 15.9 Å². The predicted octanol–water partition coefficient (Wildman–Crippen LogP) is 2.03. The Balaban J connectivity index is 2.72. The Bertz CT molecular complexity index is 494. The van der Waals surface area contributed by atoms with Gasteiger partial charge in [0.15, 0.2) is 0 Å². The molecule has 0 aliphatic carbocycles. The lowest BCUT2D eigenvalue weighted by atomic mass is 10.3. The second-order valence-corrected chi connectivity index (χ2v) is 6.95. The van der Waals surface area contributed by atoms with Gasteiger partial charge in [-0.05, 0) is 34.5 Å². The maximum absolute atomic E-state index is 12.1. The minimum atomic E-state index is -3.29. The molecule has 0 spiro atoms. The number of hydrogen-bond donors (Lipinski definition) is 0. The molecule has 0 aromatic carbocycles. The zero-order valence-corrected chi connectivity index (χ0v) is 13.6. The third-order valence-electron chi connectivity index (χ3n) is 2.56. The summed E-state index contributed by atoms with van der Waals surface area (Å²) in [5.74, 6) is 0.0100. The summed E-state index contributed by atoms with van der Waals surface area (Å²) in [5.41, 5.74) is 0.858. The SMILES string of the molecule is CCOCCS(=O)(=O)N(CC)Cc1cncc(Br)c1. The lowest BCUT2D eigenvalue weighted by Crippen LogP contribution is -2.33. The predicted molar refractivity (Wildman–Crippen MR) is 78.3 cm³/mol. The van der Waals surface area contributed by atoms with Crippen molar-refractivity contribution in [3.63, 3.8) is 0 Å². The third-order valence-corrected chi connectivity index (χ3v) is 4.85. The molecule has 0 radical (unpaired) electrons. The van der Waals surface area contributed by atoms with Crippen LogP contribution < -0.4 is 0 Å². The van der Waals surface area contributed by atoms with Crippen molar-refractivity contribution in [1.82, 2.24) is 9.29 Å². The Morgan fingerprint density at radius 2 is 2.11 bits per heavy atom. The van der Waals surface area contributed by atoms with Crippen LogP contribution in [0.3, 0.4) is 0 Å². The third kappa shape index (κ3) is 5.56. The highest BCUT2D eigenvalue weighted by Gasteiger charge is 2.20. The summed E-state index contributed by atoms with van der Waals surface area (Å²) in [6.45, 7) is 5.18. The molecule has 5 nitrogen and oxygen atoms in total. The van der Waals surface area contributed by atoms with Gasteiger partial charge < -0.3 is 4.74 Å². The fourth-order valence-electron chi connectivity index (χ4n) is 1.59. The van der Waals surface area contributed by atoms with Crippen molar-refractivity contribution < 1.29 is 13.2 Å². The van der Waals surface area contributed by atoms with Crippen LogP contribution in [0.15, 0.2) is 22.9 Å². The molecule has 1 heterocycles. The summed E-state index contributed by atoms with van der Waals surface area (Å²) in [6.07, 6.45) is 3.34. The first-order chi connectivity index (χ1) is 8.99. The second kappa shape index (κ2) is 7.94. The Hall–Kier alpha value is -0.500. The molecular formula is C12H19BrN2O3S. The molecule has 0 saturated heterocycles. The van der Waals surface area contributed by atoms with E-state index in [0.717, 1.165) is 10.0 Å². The molecule has 0 bridgehead atoms. The van der Waals surface area contributed by atoms with E-state index >= 15 is 0 Å². The van der Waals surface area contributed by atoms with E-state index in [0.29, 0.717) is 19.7 Å². The molecule has 1 rings (SSSR count). The van der Waals surface area contributed by atoms with Gasteiger partial charge in [-0.2, -0.15) is 4.31 Å². The van der Waals surface area contributed by atoms with Crippen LogP contribution in [0.25, 0.3) is 0 Å². The zero-order chi connectivity index (χ0) is 14.3. The maximum atomic E-state index is 12.1. The smallest absolute Gasteiger partial charge is 0.216 e. The molecule has 0 unspecified atom stereocenters. The molecule has 0 fully saturated rings. The summed E-state index contributed by atoms with van der Waals surface area (Å²) < 4.78 is 31.7. The van der Waals surface area contributed by atoms with E-state index < -0.39 is 10.0 Å².